The second-order valence-electron chi connectivity index (χ2n) is 7.96. The summed E-state index contributed by atoms with van der Waals surface area (Å²) < 4.78 is 48.8. The summed E-state index contributed by atoms with van der Waals surface area (Å²) in [5, 5.41) is 21.8. The molecule has 8 N–H and O–H groups in total. The number of anilines is 1. The van der Waals surface area contributed by atoms with Crippen molar-refractivity contribution >= 4 is 40.2 Å². The Balaban J connectivity index is 1.55. The Hall–Kier alpha value is -1.32. The van der Waals surface area contributed by atoms with Crippen LogP contribution in [0.2, 0.25) is 0 Å². The summed E-state index contributed by atoms with van der Waals surface area (Å²) >= 11 is 0. The zero-order valence-electron chi connectivity index (χ0n) is 16.6. The van der Waals surface area contributed by atoms with Crippen molar-refractivity contribution in [2.75, 3.05) is 12.1 Å². The van der Waals surface area contributed by atoms with Gasteiger partial charge in [-0.05, 0) is 13.3 Å². The van der Waals surface area contributed by atoms with E-state index in [2.05, 4.69) is 23.6 Å². The molecule has 0 radical (unpaired) electrons. The summed E-state index contributed by atoms with van der Waals surface area (Å²) in [7, 11) is -16.3. The lowest BCUT2D eigenvalue weighted by Crippen LogP contribution is -2.48. The van der Waals surface area contributed by atoms with Gasteiger partial charge in [-0.3, -0.25) is 4.57 Å². The van der Waals surface area contributed by atoms with Gasteiger partial charge >= 0.3 is 23.2 Å². The molecule has 0 saturated heterocycles. The molecule has 0 spiro atoms. The van der Waals surface area contributed by atoms with Crippen LogP contribution in [0.15, 0.2) is 12.7 Å². The fourth-order valence-electron chi connectivity index (χ4n) is 4.37. The first-order chi connectivity index (χ1) is 15.0. The summed E-state index contributed by atoms with van der Waals surface area (Å²) in [5.74, 6) is -0.511. The molecule has 2 aromatic heterocycles. The van der Waals surface area contributed by atoms with Crippen LogP contribution in [-0.4, -0.2) is 73.0 Å². The van der Waals surface area contributed by atoms with Gasteiger partial charge in [0.05, 0.1) is 12.4 Å². The lowest BCUT2D eigenvalue weighted by atomic mass is 9.92. The van der Waals surface area contributed by atoms with Gasteiger partial charge in [-0.15, -0.1) is 0 Å². The van der Waals surface area contributed by atoms with E-state index in [0.717, 1.165) is 0 Å². The topological polar surface area (TPSA) is 270 Å². The molecule has 33 heavy (non-hydrogen) atoms. The monoisotopic (exact) mass is 531 g/mol. The second-order valence-corrected chi connectivity index (χ2v) is 12.7. The number of nitrogens with two attached hydrogens (primary N) is 1. The number of hydrogen-bond donors (Lipinski definition) is 7. The lowest BCUT2D eigenvalue weighted by molar-refractivity contribution is -0.127. The third-order valence-electron chi connectivity index (χ3n) is 5.63. The van der Waals surface area contributed by atoms with Crippen LogP contribution >= 0.6 is 23.2 Å². The predicted molar refractivity (Wildman–Crippen MR) is 106 cm³/mol. The predicted octanol–water partition coefficient (Wildman–Crippen LogP) is -0.780. The molecule has 0 aliphatic heterocycles. The number of aliphatic hydroxyl groups is 2. The molecule has 0 amide bonds. The SMILES string of the molecule is C[C@@]1(O)C(O)[C@]2(OCP(=O)(O)OP(=O)(O)OP(=O)(O)O)CC2[C@H]1n1cnc2c(N)ncnc21. The number of aromatic nitrogens is 4. The number of nitrogen functional groups attached to an aromatic ring is 1. The molecule has 2 heterocycles. The molecule has 4 rings (SSSR count). The Kier molecular flexibility index (Phi) is 5.70. The first kappa shape index (κ1) is 24.8. The van der Waals surface area contributed by atoms with E-state index in [4.69, 9.17) is 20.3 Å². The van der Waals surface area contributed by atoms with E-state index >= 15 is 0 Å². The maximum atomic E-state index is 12.2. The minimum absolute atomic E-state index is 0.0968. The van der Waals surface area contributed by atoms with E-state index in [1.54, 1.807) is 0 Å². The molecule has 7 atom stereocenters. The number of aliphatic hydroxyl groups excluding tert-OH is 1. The third-order valence-corrected chi connectivity index (χ3v) is 9.60. The minimum atomic E-state index is -5.64. The third kappa shape index (κ3) is 4.41. The van der Waals surface area contributed by atoms with Crippen molar-refractivity contribution in [3.8, 4) is 0 Å². The number of hydrogen-bond acceptors (Lipinski definition) is 12. The number of phosphoric acid groups is 2. The van der Waals surface area contributed by atoms with Crippen molar-refractivity contribution in [1.29, 1.82) is 0 Å². The summed E-state index contributed by atoms with van der Waals surface area (Å²) in [6.45, 7) is 1.32. The molecule has 184 valence electrons. The minimum Gasteiger partial charge on any atom is -0.387 e. The molecule has 17 nitrogen and oxygen atoms in total. The van der Waals surface area contributed by atoms with Gasteiger partial charge in [0.25, 0.3) is 0 Å². The molecule has 2 saturated carbocycles. The largest absolute Gasteiger partial charge is 0.488 e. The molecular formula is C13H20N5O12P3. The van der Waals surface area contributed by atoms with Gasteiger partial charge in [0.1, 0.15) is 35.5 Å². The maximum Gasteiger partial charge on any atom is 0.488 e. The Bertz CT molecular complexity index is 1250. The van der Waals surface area contributed by atoms with Crippen LogP contribution < -0.4 is 5.73 Å². The Morgan fingerprint density at radius 2 is 1.85 bits per heavy atom. The quantitative estimate of drug-likeness (QED) is 0.206. The van der Waals surface area contributed by atoms with Crippen LogP contribution in [0.5, 0.6) is 0 Å². The molecule has 2 aliphatic carbocycles. The first-order valence-electron chi connectivity index (χ1n) is 9.09. The normalized spacial score (nSPS) is 35.2. The summed E-state index contributed by atoms with van der Waals surface area (Å²) in [4.78, 5) is 48.4. The molecule has 0 aromatic carbocycles. The van der Waals surface area contributed by atoms with Gasteiger partial charge in [0.15, 0.2) is 11.5 Å². The van der Waals surface area contributed by atoms with Crippen molar-refractivity contribution in [1.82, 2.24) is 19.5 Å². The van der Waals surface area contributed by atoms with E-state index < -0.39 is 58.9 Å². The van der Waals surface area contributed by atoms with E-state index in [1.165, 1.54) is 24.1 Å². The Morgan fingerprint density at radius 3 is 2.48 bits per heavy atom. The molecule has 4 unspecified atom stereocenters. The molecular weight excluding hydrogens is 511 g/mol. The van der Waals surface area contributed by atoms with Gasteiger partial charge in [-0.25, -0.2) is 28.4 Å². The average molecular weight is 531 g/mol. The average Bonchev–Trinajstić information content (AvgIpc) is 3.13. The number of rotatable bonds is 8. The van der Waals surface area contributed by atoms with E-state index in [9.17, 15) is 33.7 Å². The highest BCUT2D eigenvalue weighted by atomic mass is 31.3. The Labute approximate surface area is 184 Å². The van der Waals surface area contributed by atoms with Gasteiger partial charge < -0.3 is 44.8 Å². The highest BCUT2D eigenvalue weighted by molar-refractivity contribution is 7.68. The number of ether oxygens (including phenoxy) is 1. The van der Waals surface area contributed by atoms with Crippen LogP contribution in [-0.2, 0) is 27.1 Å². The van der Waals surface area contributed by atoms with Crippen molar-refractivity contribution in [3.05, 3.63) is 12.7 Å². The van der Waals surface area contributed by atoms with Crippen molar-refractivity contribution < 1.29 is 56.8 Å². The van der Waals surface area contributed by atoms with Crippen LogP contribution in [0.4, 0.5) is 5.82 Å². The van der Waals surface area contributed by atoms with Gasteiger partial charge in [-0.2, -0.15) is 4.31 Å². The van der Waals surface area contributed by atoms with Crippen LogP contribution in [0.25, 0.3) is 11.2 Å². The smallest absolute Gasteiger partial charge is 0.387 e. The zero-order chi connectivity index (χ0) is 24.6. The number of imidazole rings is 1. The van der Waals surface area contributed by atoms with Gasteiger partial charge in [0, 0.05) is 5.92 Å². The summed E-state index contributed by atoms with van der Waals surface area (Å²) in [6, 6.07) is -0.854. The number of nitrogens with zero attached hydrogens (tertiary/aromatic N) is 4. The molecule has 0 bridgehead atoms. The van der Waals surface area contributed by atoms with Crippen molar-refractivity contribution in [3.63, 3.8) is 0 Å². The van der Waals surface area contributed by atoms with Crippen LogP contribution in [0.3, 0.4) is 0 Å². The fraction of sp³-hybridized carbons (Fsp3) is 0.615. The standard InChI is InChI=1S/C13H20N5O12P3/c1-12(20)8(18-4-17-7-9(14)15-3-16-10(7)18)6-2-13(6,11(12)19)28-5-31(21,22)29-33(26,27)30-32(23,24)25/h3-4,6,8,11,19-20H,2,5H2,1H3,(H,21,22)(H,26,27)(H2,14,15,16)(H2,23,24,25)/t6?,8-,11?,12+,13+/m1/s1. The lowest BCUT2D eigenvalue weighted by Gasteiger charge is -2.34. The number of fused-ring (bicyclic) bond motifs is 2. The van der Waals surface area contributed by atoms with E-state index in [-0.39, 0.29) is 23.4 Å². The molecule has 2 aromatic rings. The van der Waals surface area contributed by atoms with Crippen molar-refractivity contribution in [2.24, 2.45) is 5.92 Å². The maximum absolute atomic E-state index is 12.2. The molecule has 2 fully saturated rings. The zero-order valence-corrected chi connectivity index (χ0v) is 19.3. The fourth-order valence-corrected chi connectivity index (χ4v) is 7.72. The summed E-state index contributed by atoms with van der Waals surface area (Å²) in [6.07, 6.45) is -0.177. The van der Waals surface area contributed by atoms with Crippen LogP contribution in [0, 0.1) is 5.92 Å². The Morgan fingerprint density at radius 1 is 1.18 bits per heavy atom. The summed E-state index contributed by atoms with van der Waals surface area (Å²) in [5.41, 5.74) is 2.96. The van der Waals surface area contributed by atoms with Crippen LogP contribution in [0.1, 0.15) is 19.4 Å². The van der Waals surface area contributed by atoms with E-state index in [1.807, 2.05) is 0 Å². The first-order valence-corrected chi connectivity index (χ1v) is 13.9. The van der Waals surface area contributed by atoms with Gasteiger partial charge in [0.2, 0.25) is 0 Å². The van der Waals surface area contributed by atoms with Gasteiger partial charge in [-0.1, -0.05) is 0 Å². The highest BCUT2D eigenvalue weighted by Crippen LogP contribution is 2.70. The highest BCUT2D eigenvalue weighted by Gasteiger charge is 2.77. The van der Waals surface area contributed by atoms with E-state index in [0.29, 0.717) is 0 Å². The molecule has 20 heteroatoms. The van der Waals surface area contributed by atoms with Crippen molar-refractivity contribution in [2.45, 2.75) is 36.7 Å². The second kappa shape index (κ2) is 7.59. The molecule has 2 aliphatic rings.